The van der Waals surface area contributed by atoms with Gasteiger partial charge >= 0.3 is 0 Å². The first-order valence-electron chi connectivity index (χ1n) is 9.05. The van der Waals surface area contributed by atoms with E-state index in [0.717, 1.165) is 38.0 Å². The molecule has 8 heteroatoms. The zero-order chi connectivity index (χ0) is 19.2. The molecule has 1 fully saturated rings. The normalized spacial score (nSPS) is 15.6. The van der Waals surface area contributed by atoms with E-state index in [1.54, 1.807) is 19.4 Å². The molecule has 2 heterocycles. The quantitative estimate of drug-likeness (QED) is 0.722. The molecule has 0 radical (unpaired) electrons. The van der Waals surface area contributed by atoms with Crippen molar-refractivity contribution in [3.05, 3.63) is 41.1 Å². The van der Waals surface area contributed by atoms with Crippen molar-refractivity contribution < 1.29 is 13.9 Å². The summed E-state index contributed by atoms with van der Waals surface area (Å²) in [5.74, 6) is 1.20. The number of benzene rings is 1. The first-order valence-corrected chi connectivity index (χ1v) is 9.43. The number of ether oxygens (including phenoxy) is 2. The van der Waals surface area contributed by atoms with Crippen molar-refractivity contribution in [1.29, 1.82) is 0 Å². The van der Waals surface area contributed by atoms with Crippen LogP contribution in [0.3, 0.4) is 0 Å². The van der Waals surface area contributed by atoms with Gasteiger partial charge in [-0.05, 0) is 49.1 Å². The SMILES string of the molecule is CCOc1cc(CN2CCC(Nc3nc(Cl)ncc3OC)CC2)ccc1F. The number of aromatic nitrogens is 2. The molecule has 1 aliphatic heterocycles. The van der Waals surface area contributed by atoms with Gasteiger partial charge in [0, 0.05) is 25.7 Å². The summed E-state index contributed by atoms with van der Waals surface area (Å²) < 4.78 is 24.3. The smallest absolute Gasteiger partial charge is 0.224 e. The third kappa shape index (κ3) is 5.20. The van der Waals surface area contributed by atoms with Crippen molar-refractivity contribution in [2.45, 2.75) is 32.4 Å². The fourth-order valence-electron chi connectivity index (χ4n) is 3.20. The Morgan fingerprint density at radius 3 is 2.78 bits per heavy atom. The Morgan fingerprint density at radius 2 is 2.07 bits per heavy atom. The largest absolute Gasteiger partial charge is 0.491 e. The maximum Gasteiger partial charge on any atom is 0.224 e. The molecule has 0 unspecified atom stereocenters. The minimum atomic E-state index is -0.319. The van der Waals surface area contributed by atoms with Crippen molar-refractivity contribution >= 4 is 17.4 Å². The van der Waals surface area contributed by atoms with Crippen molar-refractivity contribution in [1.82, 2.24) is 14.9 Å². The highest BCUT2D eigenvalue weighted by Crippen LogP contribution is 2.26. The number of hydrogen-bond acceptors (Lipinski definition) is 6. The van der Waals surface area contributed by atoms with E-state index in [9.17, 15) is 4.39 Å². The molecular formula is C19H24ClFN4O2. The van der Waals surface area contributed by atoms with Crippen LogP contribution in [0.4, 0.5) is 10.2 Å². The summed E-state index contributed by atoms with van der Waals surface area (Å²) in [7, 11) is 1.58. The highest BCUT2D eigenvalue weighted by atomic mass is 35.5. The molecule has 1 aliphatic rings. The van der Waals surface area contributed by atoms with Crippen LogP contribution in [0.5, 0.6) is 11.5 Å². The van der Waals surface area contributed by atoms with Crippen LogP contribution in [0.25, 0.3) is 0 Å². The molecule has 0 spiro atoms. The lowest BCUT2D eigenvalue weighted by atomic mass is 10.0. The summed E-state index contributed by atoms with van der Waals surface area (Å²) >= 11 is 5.89. The number of anilines is 1. The van der Waals surface area contributed by atoms with E-state index in [0.29, 0.717) is 23.9 Å². The van der Waals surface area contributed by atoms with E-state index in [1.807, 2.05) is 13.0 Å². The maximum atomic E-state index is 13.7. The number of rotatable bonds is 7. The molecule has 0 amide bonds. The lowest BCUT2D eigenvalue weighted by molar-refractivity contribution is 0.210. The number of likely N-dealkylation sites (tertiary alicyclic amines) is 1. The predicted octanol–water partition coefficient (Wildman–Crippen LogP) is 3.75. The monoisotopic (exact) mass is 394 g/mol. The van der Waals surface area contributed by atoms with Crippen LogP contribution in [0.1, 0.15) is 25.3 Å². The van der Waals surface area contributed by atoms with Crippen LogP contribution in [-0.2, 0) is 6.54 Å². The second-order valence-corrected chi connectivity index (χ2v) is 6.79. The minimum absolute atomic E-state index is 0.192. The van der Waals surface area contributed by atoms with E-state index in [4.69, 9.17) is 21.1 Å². The molecule has 1 aromatic carbocycles. The average molecular weight is 395 g/mol. The van der Waals surface area contributed by atoms with E-state index < -0.39 is 0 Å². The highest BCUT2D eigenvalue weighted by molar-refractivity contribution is 6.28. The van der Waals surface area contributed by atoms with Crippen LogP contribution < -0.4 is 14.8 Å². The van der Waals surface area contributed by atoms with Crippen LogP contribution in [0.2, 0.25) is 5.28 Å². The first-order chi connectivity index (χ1) is 13.1. The molecule has 1 N–H and O–H groups in total. The molecule has 146 valence electrons. The van der Waals surface area contributed by atoms with Crippen LogP contribution in [0, 0.1) is 5.82 Å². The molecule has 3 rings (SSSR count). The van der Waals surface area contributed by atoms with Gasteiger partial charge < -0.3 is 14.8 Å². The molecule has 0 bridgehead atoms. The molecule has 2 aromatic rings. The lowest BCUT2D eigenvalue weighted by Gasteiger charge is -2.32. The Hall–Kier alpha value is -2.12. The summed E-state index contributed by atoms with van der Waals surface area (Å²) in [6.45, 7) is 4.94. The maximum absolute atomic E-state index is 13.7. The summed E-state index contributed by atoms with van der Waals surface area (Å²) in [6, 6.07) is 5.36. The molecule has 1 saturated heterocycles. The van der Waals surface area contributed by atoms with Gasteiger partial charge in [-0.15, -0.1) is 0 Å². The number of halogens is 2. The van der Waals surface area contributed by atoms with E-state index >= 15 is 0 Å². The fraction of sp³-hybridized carbons (Fsp3) is 0.474. The first kappa shape index (κ1) is 19.6. The van der Waals surface area contributed by atoms with Gasteiger partial charge in [0.25, 0.3) is 0 Å². The van der Waals surface area contributed by atoms with Gasteiger partial charge in [-0.25, -0.2) is 9.37 Å². The van der Waals surface area contributed by atoms with Crippen molar-refractivity contribution in [2.75, 3.05) is 32.1 Å². The number of nitrogens with one attached hydrogen (secondary N) is 1. The minimum Gasteiger partial charge on any atom is -0.491 e. The molecule has 0 atom stereocenters. The standard InChI is InChI=1S/C19H24ClFN4O2/c1-3-27-16-10-13(4-5-15(16)21)12-25-8-6-14(7-9-25)23-18-17(26-2)11-22-19(20)24-18/h4-5,10-11,14H,3,6-9,12H2,1-2H3,(H,22,23,24). The summed E-state index contributed by atoms with van der Waals surface area (Å²) in [5, 5.41) is 3.59. The summed E-state index contributed by atoms with van der Waals surface area (Å²) in [4.78, 5) is 10.5. The van der Waals surface area contributed by atoms with Gasteiger partial charge in [0.15, 0.2) is 23.1 Å². The Bertz CT molecular complexity index is 769. The molecule has 1 aromatic heterocycles. The number of nitrogens with zero attached hydrogens (tertiary/aromatic N) is 3. The van der Waals surface area contributed by atoms with Gasteiger partial charge in [0.1, 0.15) is 0 Å². The third-order valence-corrected chi connectivity index (χ3v) is 4.76. The summed E-state index contributed by atoms with van der Waals surface area (Å²) in [5.41, 5.74) is 1.05. The fourth-order valence-corrected chi connectivity index (χ4v) is 3.33. The van der Waals surface area contributed by atoms with Gasteiger partial charge in [-0.3, -0.25) is 4.90 Å². The Kier molecular flexibility index (Phi) is 6.68. The number of hydrogen-bond donors (Lipinski definition) is 1. The van der Waals surface area contributed by atoms with Crippen molar-refractivity contribution in [3.8, 4) is 11.5 Å². The van der Waals surface area contributed by atoms with Gasteiger partial charge in [-0.1, -0.05) is 6.07 Å². The number of piperidine rings is 1. The molecule has 0 saturated carbocycles. The predicted molar refractivity (Wildman–Crippen MR) is 103 cm³/mol. The highest BCUT2D eigenvalue weighted by Gasteiger charge is 2.21. The second kappa shape index (κ2) is 9.19. The van der Waals surface area contributed by atoms with Crippen LogP contribution >= 0.6 is 11.6 Å². The van der Waals surface area contributed by atoms with Crippen LogP contribution in [-0.4, -0.2) is 47.7 Å². The van der Waals surface area contributed by atoms with E-state index in [1.165, 1.54) is 6.07 Å². The molecule has 27 heavy (non-hydrogen) atoms. The third-order valence-electron chi connectivity index (χ3n) is 4.58. The second-order valence-electron chi connectivity index (χ2n) is 6.45. The number of methoxy groups -OCH3 is 1. The van der Waals surface area contributed by atoms with Gasteiger partial charge in [0.05, 0.1) is 19.9 Å². The van der Waals surface area contributed by atoms with Crippen molar-refractivity contribution in [2.24, 2.45) is 0 Å². The molecule has 6 nitrogen and oxygen atoms in total. The van der Waals surface area contributed by atoms with E-state index in [2.05, 4.69) is 20.2 Å². The van der Waals surface area contributed by atoms with Gasteiger partial charge in [-0.2, -0.15) is 4.98 Å². The average Bonchev–Trinajstić information content (AvgIpc) is 2.66. The lowest BCUT2D eigenvalue weighted by Crippen LogP contribution is -2.38. The summed E-state index contributed by atoms with van der Waals surface area (Å²) in [6.07, 6.45) is 3.49. The molecule has 0 aliphatic carbocycles. The topological polar surface area (TPSA) is 59.5 Å². The zero-order valence-electron chi connectivity index (χ0n) is 15.5. The van der Waals surface area contributed by atoms with E-state index in [-0.39, 0.29) is 17.1 Å². The van der Waals surface area contributed by atoms with Crippen LogP contribution in [0.15, 0.2) is 24.4 Å². The van der Waals surface area contributed by atoms with Crippen molar-refractivity contribution in [3.63, 3.8) is 0 Å². The zero-order valence-corrected chi connectivity index (χ0v) is 16.3. The Labute approximate surface area is 163 Å². The van der Waals surface area contributed by atoms with Gasteiger partial charge in [0.2, 0.25) is 5.28 Å². The Morgan fingerprint density at radius 1 is 1.30 bits per heavy atom. The molecular weight excluding hydrogens is 371 g/mol. The Balaban J connectivity index is 1.55.